The second kappa shape index (κ2) is 6.21. The molecule has 0 unspecified atom stereocenters. The zero-order valence-corrected chi connectivity index (χ0v) is 11.2. The number of hydrogen-bond acceptors (Lipinski definition) is 5. The van der Waals surface area contributed by atoms with Crippen molar-refractivity contribution < 1.29 is 14.6 Å². The molecular weight excluding hydrogens is 258 g/mol. The average Bonchev–Trinajstić information content (AvgIpc) is 2.82. The first kappa shape index (κ1) is 14.1. The monoisotopic (exact) mass is 275 g/mol. The van der Waals surface area contributed by atoms with E-state index in [0.29, 0.717) is 6.42 Å². The van der Waals surface area contributed by atoms with E-state index in [9.17, 15) is 4.79 Å². The predicted octanol–water partition coefficient (Wildman–Crippen LogP) is 1.17. The Bertz CT molecular complexity index is 590. The van der Waals surface area contributed by atoms with E-state index in [0.717, 1.165) is 11.3 Å². The first-order valence-electron chi connectivity index (χ1n) is 6.37. The fraction of sp³-hybridized carbons (Fsp3) is 0.286. The highest BCUT2D eigenvalue weighted by Gasteiger charge is 2.17. The number of nitrogens with zero attached hydrogens (tertiary/aromatic N) is 2. The normalized spacial score (nSPS) is 10.5. The van der Waals surface area contributed by atoms with Crippen molar-refractivity contribution in [3.63, 3.8) is 0 Å². The van der Waals surface area contributed by atoms with Gasteiger partial charge >= 0.3 is 5.97 Å². The second-order valence-corrected chi connectivity index (χ2v) is 4.21. The molecule has 2 rings (SSSR count). The van der Waals surface area contributed by atoms with Crippen LogP contribution in [0.2, 0.25) is 0 Å². The number of carbonyl (C=O) groups is 1. The summed E-state index contributed by atoms with van der Waals surface area (Å²) in [6.45, 7) is 2.12. The molecule has 0 saturated carbocycles. The summed E-state index contributed by atoms with van der Waals surface area (Å²) >= 11 is 0. The van der Waals surface area contributed by atoms with E-state index >= 15 is 0 Å². The Hall–Kier alpha value is -2.34. The molecule has 6 heteroatoms. The van der Waals surface area contributed by atoms with Gasteiger partial charge in [0.2, 0.25) is 0 Å². The second-order valence-electron chi connectivity index (χ2n) is 4.21. The van der Waals surface area contributed by atoms with Crippen LogP contribution in [0, 0.1) is 0 Å². The number of anilines is 1. The average molecular weight is 275 g/mol. The van der Waals surface area contributed by atoms with E-state index in [1.165, 1.54) is 6.33 Å². The number of aliphatic hydroxyl groups excluding tert-OH is 1. The molecule has 0 aliphatic rings. The number of nitrogens with two attached hydrogens (primary N) is 1. The minimum atomic E-state index is -0.527. The van der Waals surface area contributed by atoms with Gasteiger partial charge in [-0.25, -0.2) is 9.78 Å². The lowest BCUT2D eigenvalue weighted by Crippen LogP contribution is -2.09. The minimum Gasteiger partial charge on any atom is -0.461 e. The van der Waals surface area contributed by atoms with E-state index in [-0.39, 0.29) is 24.7 Å². The van der Waals surface area contributed by atoms with E-state index in [2.05, 4.69) is 4.98 Å². The number of hydrogen-bond donors (Lipinski definition) is 2. The Morgan fingerprint density at radius 1 is 1.40 bits per heavy atom. The number of nitrogen functional groups attached to an aromatic ring is 1. The number of benzene rings is 1. The molecule has 3 N–H and O–H groups in total. The van der Waals surface area contributed by atoms with Crippen LogP contribution in [0.1, 0.15) is 23.0 Å². The highest BCUT2D eigenvalue weighted by molar-refractivity contribution is 5.92. The molecule has 1 aromatic heterocycles. The van der Waals surface area contributed by atoms with Crippen LogP contribution in [0.3, 0.4) is 0 Å². The van der Waals surface area contributed by atoms with Gasteiger partial charge in [-0.3, -0.25) is 4.57 Å². The maximum Gasteiger partial charge on any atom is 0.360 e. The molecule has 20 heavy (non-hydrogen) atoms. The SMILES string of the molecule is CCOC(=O)c1ncn(-c2ccc(CCO)cc2)c1N. The van der Waals surface area contributed by atoms with Crippen molar-refractivity contribution >= 4 is 11.8 Å². The molecule has 0 bridgehead atoms. The Kier molecular flexibility index (Phi) is 4.37. The van der Waals surface area contributed by atoms with Crippen LogP contribution in [-0.2, 0) is 11.2 Å². The molecule has 0 amide bonds. The van der Waals surface area contributed by atoms with Crippen molar-refractivity contribution in [1.82, 2.24) is 9.55 Å². The van der Waals surface area contributed by atoms with Gasteiger partial charge in [0.15, 0.2) is 5.69 Å². The van der Waals surface area contributed by atoms with Crippen molar-refractivity contribution in [2.24, 2.45) is 0 Å². The highest BCUT2D eigenvalue weighted by atomic mass is 16.5. The lowest BCUT2D eigenvalue weighted by molar-refractivity contribution is 0.0521. The molecule has 0 saturated heterocycles. The van der Waals surface area contributed by atoms with Crippen LogP contribution in [0.25, 0.3) is 5.69 Å². The topological polar surface area (TPSA) is 90.4 Å². The molecule has 1 aromatic carbocycles. The van der Waals surface area contributed by atoms with E-state index in [1.54, 1.807) is 11.5 Å². The maximum atomic E-state index is 11.6. The molecule has 106 valence electrons. The van der Waals surface area contributed by atoms with Gasteiger partial charge in [-0.15, -0.1) is 0 Å². The quantitative estimate of drug-likeness (QED) is 0.799. The molecule has 2 aromatic rings. The van der Waals surface area contributed by atoms with Gasteiger partial charge in [0.1, 0.15) is 12.1 Å². The van der Waals surface area contributed by atoms with Crippen molar-refractivity contribution in [2.45, 2.75) is 13.3 Å². The van der Waals surface area contributed by atoms with E-state index < -0.39 is 5.97 Å². The van der Waals surface area contributed by atoms with Crippen molar-refractivity contribution in [2.75, 3.05) is 18.9 Å². The number of ether oxygens (including phenoxy) is 1. The number of imidazole rings is 1. The summed E-state index contributed by atoms with van der Waals surface area (Å²) in [5, 5.41) is 8.88. The lowest BCUT2D eigenvalue weighted by atomic mass is 10.1. The molecule has 0 aliphatic carbocycles. The summed E-state index contributed by atoms with van der Waals surface area (Å²) in [6.07, 6.45) is 2.09. The fourth-order valence-electron chi connectivity index (χ4n) is 1.87. The van der Waals surface area contributed by atoms with Gasteiger partial charge in [0.05, 0.1) is 6.61 Å². The number of carbonyl (C=O) groups excluding carboxylic acids is 1. The molecule has 0 fully saturated rings. The summed E-state index contributed by atoms with van der Waals surface area (Å²) in [5.74, 6) is -0.279. The van der Waals surface area contributed by atoms with Gasteiger partial charge in [-0.1, -0.05) is 12.1 Å². The summed E-state index contributed by atoms with van der Waals surface area (Å²) < 4.78 is 6.51. The van der Waals surface area contributed by atoms with E-state index in [4.69, 9.17) is 15.6 Å². The zero-order valence-electron chi connectivity index (χ0n) is 11.2. The highest BCUT2D eigenvalue weighted by Crippen LogP contribution is 2.18. The van der Waals surface area contributed by atoms with Gasteiger partial charge in [0, 0.05) is 12.3 Å². The third-order valence-electron chi connectivity index (χ3n) is 2.89. The predicted molar refractivity (Wildman–Crippen MR) is 74.7 cm³/mol. The van der Waals surface area contributed by atoms with Gasteiger partial charge < -0.3 is 15.6 Å². The van der Waals surface area contributed by atoms with Crippen LogP contribution in [0.15, 0.2) is 30.6 Å². The smallest absolute Gasteiger partial charge is 0.360 e. The first-order valence-corrected chi connectivity index (χ1v) is 6.37. The fourth-order valence-corrected chi connectivity index (χ4v) is 1.87. The van der Waals surface area contributed by atoms with E-state index in [1.807, 2.05) is 24.3 Å². The van der Waals surface area contributed by atoms with Gasteiger partial charge in [-0.2, -0.15) is 0 Å². The number of esters is 1. The Morgan fingerprint density at radius 2 is 2.10 bits per heavy atom. The molecule has 1 heterocycles. The summed E-state index contributed by atoms with van der Waals surface area (Å²) in [4.78, 5) is 15.6. The van der Waals surface area contributed by atoms with Crippen molar-refractivity contribution in [3.8, 4) is 5.69 Å². The maximum absolute atomic E-state index is 11.6. The molecule has 0 aliphatic heterocycles. The molecule has 6 nitrogen and oxygen atoms in total. The molecular formula is C14H17N3O3. The molecule has 0 atom stereocenters. The third-order valence-corrected chi connectivity index (χ3v) is 2.89. The minimum absolute atomic E-state index is 0.111. The standard InChI is InChI=1S/C14H17N3O3/c1-2-20-14(19)12-13(15)17(9-16-12)11-5-3-10(4-6-11)7-8-18/h3-6,9,18H,2,7-8,15H2,1H3. The van der Waals surface area contributed by atoms with Gasteiger partial charge in [0.25, 0.3) is 0 Å². The Morgan fingerprint density at radius 3 is 2.70 bits per heavy atom. The van der Waals surface area contributed by atoms with Gasteiger partial charge in [-0.05, 0) is 31.0 Å². The summed E-state index contributed by atoms with van der Waals surface area (Å²) in [7, 11) is 0. The van der Waals surface area contributed by atoms with Crippen LogP contribution >= 0.6 is 0 Å². The summed E-state index contributed by atoms with van der Waals surface area (Å²) in [5.41, 5.74) is 7.87. The van der Waals surface area contributed by atoms with Crippen molar-refractivity contribution in [3.05, 3.63) is 41.9 Å². The van der Waals surface area contributed by atoms with Crippen molar-refractivity contribution in [1.29, 1.82) is 0 Å². The number of aliphatic hydroxyl groups is 1. The third kappa shape index (κ3) is 2.80. The number of rotatable bonds is 5. The largest absolute Gasteiger partial charge is 0.461 e. The first-order chi connectivity index (χ1) is 9.67. The van der Waals surface area contributed by atoms with Crippen LogP contribution < -0.4 is 5.73 Å². The van der Waals surface area contributed by atoms with Crippen LogP contribution in [0.4, 0.5) is 5.82 Å². The zero-order chi connectivity index (χ0) is 14.5. The summed E-state index contributed by atoms with van der Waals surface area (Å²) in [6, 6.07) is 7.51. The lowest BCUT2D eigenvalue weighted by Gasteiger charge is -2.06. The Balaban J connectivity index is 2.27. The number of aromatic nitrogens is 2. The molecule has 0 spiro atoms. The van der Waals surface area contributed by atoms with Crippen LogP contribution in [-0.4, -0.2) is 33.8 Å². The molecule has 0 radical (unpaired) electrons. The Labute approximate surface area is 116 Å². The van der Waals surface area contributed by atoms with Crippen LogP contribution in [0.5, 0.6) is 0 Å².